The van der Waals surface area contributed by atoms with E-state index < -0.39 is 97.0 Å². The van der Waals surface area contributed by atoms with Crippen molar-refractivity contribution in [2.75, 3.05) is 31.2 Å². The molecule has 2 atom stereocenters. The van der Waals surface area contributed by atoms with Crippen molar-refractivity contribution >= 4 is 23.1 Å². The van der Waals surface area contributed by atoms with E-state index in [1.54, 1.807) is 0 Å². The number of halogens is 7. The Bertz CT molecular complexity index is 1280. The minimum Gasteiger partial charge on any atom is -0.491 e. The number of hydrogen-bond donors (Lipinski definition) is 3. The number of aliphatic hydroxyl groups excluding tert-OH is 2. The van der Waals surface area contributed by atoms with Crippen LogP contribution in [0.4, 0.5) is 36.4 Å². The highest BCUT2D eigenvalue weighted by atomic mass is 19.4. The number of carbonyl (C=O) groups is 2. The average molecular weight is 578 g/mol. The van der Waals surface area contributed by atoms with Crippen LogP contribution < -0.4 is 15.0 Å². The Morgan fingerprint density at radius 2 is 1.90 bits per heavy atom. The molecule has 0 radical (unpaired) electrons. The molecule has 14 heteroatoms. The van der Waals surface area contributed by atoms with Gasteiger partial charge in [-0.15, -0.1) is 0 Å². The van der Waals surface area contributed by atoms with Gasteiger partial charge in [0, 0.05) is 36.7 Å². The lowest BCUT2D eigenvalue weighted by molar-refractivity contribution is -0.138. The lowest BCUT2D eigenvalue weighted by Gasteiger charge is -2.25. The molecule has 2 amide bonds. The first-order valence-electron chi connectivity index (χ1n) is 11.9. The van der Waals surface area contributed by atoms with E-state index in [-0.39, 0.29) is 11.4 Å². The van der Waals surface area contributed by atoms with Crippen molar-refractivity contribution in [3.63, 3.8) is 0 Å². The highest BCUT2D eigenvalue weighted by Crippen LogP contribution is 2.44. The number of amides is 2. The van der Waals surface area contributed by atoms with E-state index in [0.717, 1.165) is 31.2 Å². The monoisotopic (exact) mass is 578 g/mol. The van der Waals surface area contributed by atoms with Gasteiger partial charge >= 0.3 is 6.18 Å². The topological polar surface area (TPSA) is 99.1 Å². The molecular weight excluding hydrogens is 553 g/mol. The number of rotatable bonds is 8. The third-order valence-corrected chi connectivity index (χ3v) is 5.83. The van der Waals surface area contributed by atoms with Crippen molar-refractivity contribution < 1.29 is 55.3 Å². The summed E-state index contributed by atoms with van der Waals surface area (Å²) in [6, 6.07) is 4.63. The van der Waals surface area contributed by atoms with E-state index in [1.165, 1.54) is 0 Å². The number of carbonyl (C=O) groups excluding carboxylic acids is 2. The number of alkyl halides is 6. The summed E-state index contributed by atoms with van der Waals surface area (Å²) in [4.78, 5) is 26.4. The van der Waals surface area contributed by atoms with Gasteiger partial charge in [0.1, 0.15) is 24.3 Å². The summed E-state index contributed by atoms with van der Waals surface area (Å²) in [6.45, 7) is -1.44. The number of fused-ring (bicyclic) bond motifs is 1. The van der Waals surface area contributed by atoms with Crippen LogP contribution in [0.1, 0.15) is 34.8 Å². The van der Waals surface area contributed by atoms with Gasteiger partial charge in [-0.3, -0.25) is 9.59 Å². The number of hydrogen-bond acceptors (Lipinski definition) is 5. The zero-order valence-corrected chi connectivity index (χ0v) is 20.9. The molecule has 40 heavy (non-hydrogen) atoms. The largest absolute Gasteiger partial charge is 0.491 e. The van der Waals surface area contributed by atoms with E-state index >= 15 is 8.78 Å². The van der Waals surface area contributed by atoms with Gasteiger partial charge in [-0.2, -0.15) is 13.2 Å². The molecular formula is C26H25F7N2O5. The van der Waals surface area contributed by atoms with E-state index in [2.05, 4.69) is 5.32 Å². The van der Waals surface area contributed by atoms with Crippen LogP contribution >= 0.6 is 0 Å². The lowest BCUT2D eigenvalue weighted by atomic mass is 9.96. The second-order valence-corrected chi connectivity index (χ2v) is 9.01. The Kier molecular flexibility index (Phi) is 9.46. The molecule has 0 fully saturated rings. The fourth-order valence-electron chi connectivity index (χ4n) is 3.91. The van der Waals surface area contributed by atoms with Gasteiger partial charge in [0.25, 0.3) is 11.8 Å². The highest BCUT2D eigenvalue weighted by Gasteiger charge is 2.43. The minimum absolute atomic E-state index is 0.374. The quantitative estimate of drug-likeness (QED) is 0.324. The zero-order valence-electron chi connectivity index (χ0n) is 20.9. The maximum atomic E-state index is 15.3. The summed E-state index contributed by atoms with van der Waals surface area (Å²) in [6.07, 6.45) is -8.65. The standard InChI is InChI=1S/C26H25F7N2O5/c1-14(27)13-40-17-3-4-18(21(9-17)26(31,32)33)24(39)35-7-6-25(29,30)20(10-23(38)34-11-16(37)12-36)19-8-15(28)2-5-22(19)35/h2-5,8-10,14,16,36-37H,6-7,11-13H2,1H3,(H,34,38)/b20-10-/t14-,16+/m0/s1. The predicted octanol–water partition coefficient (Wildman–Crippen LogP) is 4.12. The first-order chi connectivity index (χ1) is 18.6. The van der Waals surface area contributed by atoms with Crippen molar-refractivity contribution in [3.05, 3.63) is 65.0 Å². The van der Waals surface area contributed by atoms with Crippen LogP contribution in [0.3, 0.4) is 0 Å². The molecule has 0 bridgehead atoms. The average Bonchev–Trinajstić information content (AvgIpc) is 2.98. The molecule has 218 valence electrons. The van der Waals surface area contributed by atoms with E-state index in [4.69, 9.17) is 9.84 Å². The van der Waals surface area contributed by atoms with Gasteiger partial charge in [-0.1, -0.05) is 0 Å². The molecule has 2 aromatic carbocycles. The van der Waals surface area contributed by atoms with Gasteiger partial charge < -0.3 is 25.2 Å². The Labute approximate surface area is 223 Å². The van der Waals surface area contributed by atoms with E-state index in [0.29, 0.717) is 23.1 Å². The number of ether oxygens (including phenoxy) is 1. The van der Waals surface area contributed by atoms with Crippen molar-refractivity contribution in [1.82, 2.24) is 5.32 Å². The number of aliphatic hydroxyl groups is 2. The van der Waals surface area contributed by atoms with Gasteiger partial charge in [-0.25, -0.2) is 17.6 Å². The van der Waals surface area contributed by atoms with Crippen LogP contribution in [0.5, 0.6) is 5.75 Å². The van der Waals surface area contributed by atoms with Crippen LogP contribution in [0.15, 0.2) is 42.5 Å². The van der Waals surface area contributed by atoms with Crippen molar-refractivity contribution in [2.45, 2.75) is 37.7 Å². The molecule has 3 N–H and O–H groups in total. The molecule has 0 saturated carbocycles. The van der Waals surface area contributed by atoms with Crippen LogP contribution in [-0.4, -0.2) is 66.5 Å². The number of nitrogens with zero attached hydrogens (tertiary/aromatic N) is 1. The highest BCUT2D eigenvalue weighted by molar-refractivity contribution is 6.10. The van der Waals surface area contributed by atoms with Gasteiger partial charge in [0.05, 0.1) is 29.5 Å². The summed E-state index contributed by atoms with van der Waals surface area (Å²) < 4.78 is 105. The Hall–Kier alpha value is -3.65. The number of allylic oxidation sites excluding steroid dienone is 1. The van der Waals surface area contributed by atoms with Crippen LogP contribution in [0.25, 0.3) is 5.57 Å². The van der Waals surface area contributed by atoms with Gasteiger partial charge in [-0.05, 0) is 43.3 Å². The molecule has 0 saturated heterocycles. The predicted molar refractivity (Wildman–Crippen MR) is 129 cm³/mol. The normalized spacial score (nSPS) is 17.6. The zero-order chi connectivity index (χ0) is 29.8. The second-order valence-electron chi connectivity index (χ2n) is 9.01. The molecule has 0 aromatic heterocycles. The van der Waals surface area contributed by atoms with Gasteiger partial charge in [0.2, 0.25) is 5.91 Å². The summed E-state index contributed by atoms with van der Waals surface area (Å²) >= 11 is 0. The smallest absolute Gasteiger partial charge is 0.417 e. The molecule has 0 spiro atoms. The van der Waals surface area contributed by atoms with E-state index in [1.807, 2.05) is 0 Å². The molecule has 2 aromatic rings. The van der Waals surface area contributed by atoms with Crippen LogP contribution in [0.2, 0.25) is 0 Å². The molecule has 7 nitrogen and oxygen atoms in total. The fraction of sp³-hybridized carbons (Fsp3) is 0.385. The van der Waals surface area contributed by atoms with Gasteiger partial charge in [0.15, 0.2) is 0 Å². The van der Waals surface area contributed by atoms with Crippen LogP contribution in [0, 0.1) is 5.82 Å². The minimum atomic E-state index is -5.09. The number of nitrogens with one attached hydrogen (secondary N) is 1. The number of anilines is 1. The maximum absolute atomic E-state index is 15.3. The molecule has 1 aliphatic rings. The van der Waals surface area contributed by atoms with Crippen LogP contribution in [-0.2, 0) is 11.0 Å². The SMILES string of the molecule is C[C@H](F)COc1ccc(C(=O)N2CCC(F)(F)/C(=C\C(=O)NC[C@@H](O)CO)c3cc(F)ccc32)c(C(F)(F)F)c1. The molecule has 1 heterocycles. The number of benzene rings is 2. The third-order valence-electron chi connectivity index (χ3n) is 5.83. The molecule has 0 unspecified atom stereocenters. The molecule has 1 aliphatic heterocycles. The van der Waals surface area contributed by atoms with E-state index in [9.17, 15) is 36.6 Å². The first-order valence-corrected chi connectivity index (χ1v) is 11.9. The third kappa shape index (κ3) is 7.30. The summed E-state index contributed by atoms with van der Waals surface area (Å²) in [5.74, 6) is -7.70. The lowest BCUT2D eigenvalue weighted by Crippen LogP contribution is -2.34. The second kappa shape index (κ2) is 12.3. The van der Waals surface area contributed by atoms with Crippen molar-refractivity contribution in [1.29, 1.82) is 0 Å². The maximum Gasteiger partial charge on any atom is 0.417 e. The Balaban J connectivity index is 2.09. The summed E-state index contributed by atoms with van der Waals surface area (Å²) in [5.41, 5.74) is -4.38. The Morgan fingerprint density at radius 1 is 1.20 bits per heavy atom. The molecule has 3 rings (SSSR count). The Morgan fingerprint density at radius 3 is 2.52 bits per heavy atom. The summed E-state index contributed by atoms with van der Waals surface area (Å²) in [7, 11) is 0. The fourth-order valence-corrected chi connectivity index (χ4v) is 3.91. The molecule has 0 aliphatic carbocycles. The first kappa shape index (κ1) is 30.9. The summed E-state index contributed by atoms with van der Waals surface area (Å²) in [5, 5.41) is 20.3. The van der Waals surface area contributed by atoms with Crippen molar-refractivity contribution in [3.8, 4) is 5.75 Å². The van der Waals surface area contributed by atoms with Crippen molar-refractivity contribution in [2.24, 2.45) is 0 Å².